The van der Waals surface area contributed by atoms with Gasteiger partial charge in [-0.15, -0.1) is 0 Å². The number of amides is 1. The first-order chi connectivity index (χ1) is 13.8. The number of rotatable bonds is 8. The Morgan fingerprint density at radius 1 is 0.967 bits per heavy atom. The lowest BCUT2D eigenvalue weighted by molar-refractivity contribution is -0.120. The number of nitrogens with one attached hydrogen (secondary N) is 1. The largest absolute Gasteiger partial charge is 0.348 e. The van der Waals surface area contributed by atoms with Crippen molar-refractivity contribution in [3.63, 3.8) is 0 Å². The smallest absolute Gasteiger partial charge is 0.242 e. The van der Waals surface area contributed by atoms with E-state index >= 15 is 0 Å². The Kier molecular flexibility index (Phi) is 7.27. The highest BCUT2D eigenvalue weighted by molar-refractivity contribution is 7.92. The Hall–Kier alpha value is -2.43. The summed E-state index contributed by atoms with van der Waals surface area (Å²) >= 11 is 0. The molecule has 0 radical (unpaired) electrons. The van der Waals surface area contributed by atoms with Crippen LogP contribution in [0.1, 0.15) is 24.1 Å². The van der Waals surface area contributed by atoms with Crippen molar-refractivity contribution in [2.75, 3.05) is 31.2 Å². The summed E-state index contributed by atoms with van der Waals surface area (Å²) in [6, 6.07) is 12.7. The second-order valence-corrected chi connectivity index (χ2v) is 11.3. The minimum absolute atomic E-state index is 0.0298. The highest BCUT2D eigenvalue weighted by atomic mass is 32.2. The molecule has 1 amide bonds. The lowest BCUT2D eigenvalue weighted by Crippen LogP contribution is -2.41. The summed E-state index contributed by atoms with van der Waals surface area (Å²) in [5.41, 5.74) is 2.20. The molecule has 0 fully saturated rings. The molecule has 0 saturated carbocycles. The Balaban J connectivity index is 2.20. The number of carbonyl (C=O) groups is 1. The predicted molar refractivity (Wildman–Crippen MR) is 117 cm³/mol. The lowest BCUT2D eigenvalue weighted by atomic mass is 10.1. The van der Waals surface area contributed by atoms with Crippen LogP contribution in [0.3, 0.4) is 0 Å². The van der Waals surface area contributed by atoms with Crippen molar-refractivity contribution >= 4 is 31.6 Å². The van der Waals surface area contributed by atoms with Gasteiger partial charge in [-0.3, -0.25) is 9.10 Å². The van der Waals surface area contributed by atoms with E-state index in [1.54, 1.807) is 0 Å². The van der Waals surface area contributed by atoms with Gasteiger partial charge in [0.1, 0.15) is 6.54 Å². The third-order valence-corrected chi connectivity index (χ3v) is 7.52. The van der Waals surface area contributed by atoms with Gasteiger partial charge in [0.2, 0.25) is 26.0 Å². The molecule has 164 valence electrons. The minimum atomic E-state index is -3.77. The van der Waals surface area contributed by atoms with E-state index in [0.717, 1.165) is 26.0 Å². The molecular weight excluding hydrogens is 426 g/mol. The van der Waals surface area contributed by atoms with Crippen molar-refractivity contribution in [2.24, 2.45) is 0 Å². The zero-order chi connectivity index (χ0) is 22.7. The molecule has 0 spiro atoms. The number of benzene rings is 2. The Labute approximate surface area is 178 Å². The van der Waals surface area contributed by atoms with Crippen LogP contribution < -0.4 is 9.62 Å². The number of hydrogen-bond donors (Lipinski definition) is 1. The van der Waals surface area contributed by atoms with Crippen LogP contribution in [0.25, 0.3) is 0 Å². The van der Waals surface area contributed by atoms with Crippen molar-refractivity contribution < 1.29 is 21.6 Å². The number of hydrogen-bond acceptors (Lipinski definition) is 5. The van der Waals surface area contributed by atoms with Gasteiger partial charge in [-0.05, 0) is 43.7 Å². The molecule has 0 saturated heterocycles. The topological polar surface area (TPSA) is 104 Å². The van der Waals surface area contributed by atoms with E-state index in [4.69, 9.17) is 0 Å². The van der Waals surface area contributed by atoms with Crippen LogP contribution in [0.2, 0.25) is 0 Å². The van der Waals surface area contributed by atoms with Crippen LogP contribution in [-0.2, 0) is 24.8 Å². The number of nitrogens with zero attached hydrogens (tertiary/aromatic N) is 2. The summed E-state index contributed by atoms with van der Waals surface area (Å²) in [5, 5.41) is 2.79. The first kappa shape index (κ1) is 23.8. The van der Waals surface area contributed by atoms with Crippen LogP contribution in [0.5, 0.6) is 0 Å². The first-order valence-electron chi connectivity index (χ1n) is 9.18. The fourth-order valence-electron chi connectivity index (χ4n) is 2.75. The van der Waals surface area contributed by atoms with Crippen molar-refractivity contribution in [3.8, 4) is 0 Å². The molecule has 2 rings (SSSR count). The van der Waals surface area contributed by atoms with Crippen molar-refractivity contribution in [1.29, 1.82) is 0 Å². The van der Waals surface area contributed by atoms with Crippen LogP contribution in [0.4, 0.5) is 5.69 Å². The van der Waals surface area contributed by atoms with E-state index in [1.165, 1.54) is 38.4 Å². The van der Waals surface area contributed by atoms with E-state index in [0.29, 0.717) is 0 Å². The molecule has 1 atom stereocenters. The molecule has 10 heteroatoms. The molecule has 30 heavy (non-hydrogen) atoms. The molecule has 0 aromatic heterocycles. The van der Waals surface area contributed by atoms with E-state index < -0.39 is 32.5 Å². The van der Waals surface area contributed by atoms with E-state index in [-0.39, 0.29) is 16.6 Å². The van der Waals surface area contributed by atoms with Gasteiger partial charge in [0, 0.05) is 14.1 Å². The highest BCUT2D eigenvalue weighted by Gasteiger charge is 2.23. The molecule has 8 nitrogen and oxygen atoms in total. The summed E-state index contributed by atoms with van der Waals surface area (Å²) in [4.78, 5) is 12.5. The van der Waals surface area contributed by atoms with Crippen LogP contribution in [-0.4, -0.2) is 53.9 Å². The van der Waals surface area contributed by atoms with Gasteiger partial charge in [0.05, 0.1) is 22.9 Å². The first-order valence-corrected chi connectivity index (χ1v) is 12.5. The fraction of sp³-hybridized carbons (Fsp3) is 0.350. The van der Waals surface area contributed by atoms with E-state index in [2.05, 4.69) is 5.32 Å². The second-order valence-electron chi connectivity index (χ2n) is 7.25. The highest BCUT2D eigenvalue weighted by Crippen LogP contribution is 2.22. The maximum atomic E-state index is 12.5. The van der Waals surface area contributed by atoms with Crippen molar-refractivity contribution in [3.05, 3.63) is 59.7 Å². The van der Waals surface area contributed by atoms with Crippen LogP contribution in [0, 0.1) is 6.92 Å². The van der Waals surface area contributed by atoms with Gasteiger partial charge in [0.15, 0.2) is 0 Å². The molecule has 0 aliphatic heterocycles. The molecule has 0 heterocycles. The summed E-state index contributed by atoms with van der Waals surface area (Å²) in [7, 11) is -4.60. The zero-order valence-electron chi connectivity index (χ0n) is 17.7. The SMILES string of the molecule is Cc1ccc(C(C)NC(=O)CN(c2ccc(S(=O)(=O)N(C)C)cc2)S(C)(=O)=O)cc1. The quantitative estimate of drug-likeness (QED) is 0.657. The van der Waals surface area contributed by atoms with Gasteiger partial charge in [-0.25, -0.2) is 21.1 Å². The second kappa shape index (κ2) is 9.15. The van der Waals surface area contributed by atoms with E-state index in [9.17, 15) is 21.6 Å². The van der Waals surface area contributed by atoms with Gasteiger partial charge in [0.25, 0.3) is 0 Å². The monoisotopic (exact) mass is 453 g/mol. The van der Waals surface area contributed by atoms with Crippen LogP contribution in [0.15, 0.2) is 53.4 Å². The number of aryl methyl sites for hydroxylation is 1. The van der Waals surface area contributed by atoms with Crippen molar-refractivity contribution in [1.82, 2.24) is 9.62 Å². The molecule has 1 N–H and O–H groups in total. The van der Waals surface area contributed by atoms with Gasteiger partial charge in [-0.1, -0.05) is 29.8 Å². The molecular formula is C20H27N3O5S2. The zero-order valence-corrected chi connectivity index (χ0v) is 19.3. The Morgan fingerprint density at radius 2 is 1.50 bits per heavy atom. The standard InChI is InChI=1S/C20H27N3O5S2/c1-15-6-8-17(9-7-15)16(2)21-20(24)14-23(29(5,25)26)18-10-12-19(13-11-18)30(27,28)22(3)4/h6-13,16H,14H2,1-5H3,(H,21,24). The van der Waals surface area contributed by atoms with Crippen LogP contribution >= 0.6 is 0 Å². The average molecular weight is 454 g/mol. The Morgan fingerprint density at radius 3 is 1.97 bits per heavy atom. The number of anilines is 1. The fourth-order valence-corrected chi connectivity index (χ4v) is 4.51. The molecule has 0 bridgehead atoms. The number of carbonyl (C=O) groups excluding carboxylic acids is 1. The third kappa shape index (κ3) is 5.80. The maximum absolute atomic E-state index is 12.5. The normalized spacial score (nSPS) is 13.1. The molecule has 2 aromatic carbocycles. The maximum Gasteiger partial charge on any atom is 0.242 e. The average Bonchev–Trinajstić information content (AvgIpc) is 2.65. The van der Waals surface area contributed by atoms with Gasteiger partial charge < -0.3 is 5.32 Å². The molecule has 0 aliphatic carbocycles. The molecule has 0 aliphatic rings. The van der Waals surface area contributed by atoms with Gasteiger partial charge in [-0.2, -0.15) is 0 Å². The predicted octanol–water partition coefficient (Wildman–Crippen LogP) is 1.89. The Bertz CT molecular complexity index is 1090. The minimum Gasteiger partial charge on any atom is -0.348 e. The number of sulfonamides is 2. The summed E-state index contributed by atoms with van der Waals surface area (Å²) < 4.78 is 50.9. The third-order valence-electron chi connectivity index (χ3n) is 4.55. The molecule has 2 aromatic rings. The lowest BCUT2D eigenvalue weighted by Gasteiger charge is -2.23. The van der Waals surface area contributed by atoms with E-state index in [1.807, 2.05) is 38.1 Å². The van der Waals surface area contributed by atoms with Crippen molar-refractivity contribution in [2.45, 2.75) is 24.8 Å². The summed E-state index contributed by atoms with van der Waals surface area (Å²) in [5.74, 6) is -0.474. The summed E-state index contributed by atoms with van der Waals surface area (Å²) in [6.45, 7) is 3.36. The van der Waals surface area contributed by atoms with Gasteiger partial charge >= 0.3 is 0 Å². The summed E-state index contributed by atoms with van der Waals surface area (Å²) in [6.07, 6.45) is 0.994. The molecule has 1 unspecified atom stereocenters.